The molecule has 0 amide bonds. The Labute approximate surface area is 123 Å². The molecule has 0 aromatic heterocycles. The predicted molar refractivity (Wildman–Crippen MR) is 75.6 cm³/mol. The molecule has 0 atom stereocenters. The second-order valence-corrected chi connectivity index (χ2v) is 7.30. The van der Waals surface area contributed by atoms with Gasteiger partial charge in [0.1, 0.15) is 0 Å². The Morgan fingerprint density at radius 1 is 1.45 bits per heavy atom. The third kappa shape index (κ3) is 3.13. The number of carboxylic acids is 1. The van der Waals surface area contributed by atoms with Crippen LogP contribution in [0.25, 0.3) is 0 Å². The molecule has 0 bridgehead atoms. The van der Waals surface area contributed by atoms with Crippen LogP contribution < -0.4 is 4.72 Å². The summed E-state index contributed by atoms with van der Waals surface area (Å²) in [5.74, 6) is -1.25. The van der Waals surface area contributed by atoms with E-state index in [1.807, 2.05) is 6.92 Å². The summed E-state index contributed by atoms with van der Waals surface area (Å²) >= 11 is 5.73. The highest BCUT2D eigenvalue weighted by Gasteiger charge is 2.41. The minimum absolute atomic E-state index is 0.0173. The fourth-order valence-electron chi connectivity index (χ4n) is 2.00. The zero-order chi connectivity index (χ0) is 15.0. The van der Waals surface area contributed by atoms with Gasteiger partial charge in [-0.15, -0.1) is 0 Å². The standard InChI is InChI=1S/C13H16ClNO4S/c1-2-13(5-6-13)8-15-20(18,19)9-3-4-11(14)10(7-9)12(16)17/h3-4,7,15H,2,5-6,8H2,1H3,(H,16,17). The van der Waals surface area contributed by atoms with E-state index in [9.17, 15) is 13.2 Å². The number of hydrogen-bond donors (Lipinski definition) is 2. The zero-order valence-electron chi connectivity index (χ0n) is 11.0. The Hall–Kier alpha value is -1.11. The molecule has 1 aromatic carbocycles. The van der Waals surface area contributed by atoms with E-state index >= 15 is 0 Å². The van der Waals surface area contributed by atoms with Crippen LogP contribution >= 0.6 is 11.6 Å². The van der Waals surface area contributed by atoms with Crippen molar-refractivity contribution in [3.8, 4) is 0 Å². The second-order valence-electron chi connectivity index (χ2n) is 5.12. The normalized spacial score (nSPS) is 16.9. The number of rotatable bonds is 6. The van der Waals surface area contributed by atoms with Crippen molar-refractivity contribution in [1.82, 2.24) is 4.72 Å². The Morgan fingerprint density at radius 2 is 2.10 bits per heavy atom. The lowest BCUT2D eigenvalue weighted by atomic mass is 10.1. The number of carboxylic acid groups (broad SMARTS) is 1. The summed E-state index contributed by atoms with van der Waals surface area (Å²) in [6, 6.07) is 3.67. The summed E-state index contributed by atoms with van der Waals surface area (Å²) in [4.78, 5) is 10.9. The van der Waals surface area contributed by atoms with Crippen LogP contribution in [-0.2, 0) is 10.0 Å². The van der Waals surface area contributed by atoms with E-state index in [4.69, 9.17) is 16.7 Å². The van der Waals surface area contributed by atoms with Gasteiger partial charge >= 0.3 is 5.97 Å². The number of hydrogen-bond acceptors (Lipinski definition) is 3. The molecule has 1 aromatic rings. The van der Waals surface area contributed by atoms with Gasteiger partial charge in [-0.2, -0.15) is 0 Å². The molecule has 1 saturated carbocycles. The van der Waals surface area contributed by atoms with Crippen LogP contribution in [0.1, 0.15) is 36.5 Å². The monoisotopic (exact) mass is 317 g/mol. The average Bonchev–Trinajstić information content (AvgIpc) is 3.17. The maximum atomic E-state index is 12.2. The van der Waals surface area contributed by atoms with Gasteiger partial charge in [-0.1, -0.05) is 18.5 Å². The molecule has 0 radical (unpaired) electrons. The van der Waals surface area contributed by atoms with Gasteiger partial charge in [0.2, 0.25) is 10.0 Å². The lowest BCUT2D eigenvalue weighted by Crippen LogP contribution is -2.30. The quantitative estimate of drug-likeness (QED) is 0.844. The minimum Gasteiger partial charge on any atom is -0.478 e. The second kappa shape index (κ2) is 5.35. The van der Waals surface area contributed by atoms with Crippen LogP contribution in [0.5, 0.6) is 0 Å². The minimum atomic E-state index is -3.71. The molecule has 2 N–H and O–H groups in total. The Balaban J connectivity index is 2.21. The molecule has 0 saturated heterocycles. The van der Waals surface area contributed by atoms with Crippen molar-refractivity contribution in [2.75, 3.05) is 6.54 Å². The fraction of sp³-hybridized carbons (Fsp3) is 0.462. The van der Waals surface area contributed by atoms with E-state index in [-0.39, 0.29) is 20.9 Å². The van der Waals surface area contributed by atoms with Gasteiger partial charge in [0.05, 0.1) is 15.5 Å². The molecule has 110 valence electrons. The van der Waals surface area contributed by atoms with Gasteiger partial charge in [-0.05, 0) is 42.9 Å². The molecule has 20 heavy (non-hydrogen) atoms. The molecule has 1 aliphatic carbocycles. The molecule has 2 rings (SSSR count). The number of aromatic carboxylic acids is 1. The molecule has 1 aliphatic rings. The number of carbonyl (C=O) groups is 1. The van der Waals surface area contributed by atoms with E-state index in [0.29, 0.717) is 6.54 Å². The van der Waals surface area contributed by atoms with Gasteiger partial charge in [0.25, 0.3) is 0 Å². The molecule has 5 nitrogen and oxygen atoms in total. The molecule has 0 unspecified atom stereocenters. The van der Waals surface area contributed by atoms with Crippen LogP contribution in [0.4, 0.5) is 0 Å². The highest BCUT2D eigenvalue weighted by molar-refractivity contribution is 7.89. The van der Waals surface area contributed by atoms with Crippen LogP contribution in [0, 0.1) is 5.41 Å². The van der Waals surface area contributed by atoms with Gasteiger partial charge < -0.3 is 5.11 Å². The van der Waals surface area contributed by atoms with Crippen LogP contribution in [-0.4, -0.2) is 26.0 Å². The van der Waals surface area contributed by atoms with Crippen LogP contribution in [0.15, 0.2) is 23.1 Å². The molecule has 1 fully saturated rings. The first-order valence-electron chi connectivity index (χ1n) is 6.32. The Morgan fingerprint density at radius 3 is 2.60 bits per heavy atom. The smallest absolute Gasteiger partial charge is 0.337 e. The van der Waals surface area contributed by atoms with Crippen LogP contribution in [0.3, 0.4) is 0 Å². The first kappa shape index (κ1) is 15.3. The fourth-order valence-corrected chi connectivity index (χ4v) is 3.38. The van der Waals surface area contributed by atoms with Crippen molar-refractivity contribution in [3.05, 3.63) is 28.8 Å². The first-order chi connectivity index (χ1) is 9.30. The van der Waals surface area contributed by atoms with Gasteiger partial charge in [-0.25, -0.2) is 17.9 Å². The maximum Gasteiger partial charge on any atom is 0.337 e. The molecule has 0 spiro atoms. The lowest BCUT2D eigenvalue weighted by Gasteiger charge is -2.14. The van der Waals surface area contributed by atoms with Crippen molar-refractivity contribution in [2.45, 2.75) is 31.1 Å². The lowest BCUT2D eigenvalue weighted by molar-refractivity contribution is 0.0697. The van der Waals surface area contributed by atoms with Crippen molar-refractivity contribution < 1.29 is 18.3 Å². The van der Waals surface area contributed by atoms with E-state index in [2.05, 4.69) is 4.72 Å². The number of sulfonamides is 1. The molecule has 7 heteroatoms. The van der Waals surface area contributed by atoms with Gasteiger partial charge in [0.15, 0.2) is 0 Å². The number of nitrogens with one attached hydrogen (secondary N) is 1. The summed E-state index contributed by atoms with van der Waals surface area (Å²) in [6.07, 6.45) is 2.97. The predicted octanol–water partition coefficient (Wildman–Crippen LogP) is 2.51. The van der Waals surface area contributed by atoms with E-state index in [1.54, 1.807) is 0 Å². The third-order valence-corrected chi connectivity index (χ3v) is 5.55. The molecular weight excluding hydrogens is 302 g/mol. The average molecular weight is 318 g/mol. The Bertz CT molecular complexity index is 638. The van der Waals surface area contributed by atoms with Crippen molar-refractivity contribution in [3.63, 3.8) is 0 Å². The molecule has 0 heterocycles. The van der Waals surface area contributed by atoms with Crippen LogP contribution in [0.2, 0.25) is 5.02 Å². The Kier molecular flexibility index (Phi) is 4.09. The van der Waals surface area contributed by atoms with E-state index in [0.717, 1.165) is 25.3 Å². The van der Waals surface area contributed by atoms with E-state index < -0.39 is 16.0 Å². The molecule has 0 aliphatic heterocycles. The van der Waals surface area contributed by atoms with Crippen molar-refractivity contribution >= 4 is 27.6 Å². The van der Waals surface area contributed by atoms with E-state index in [1.165, 1.54) is 12.1 Å². The number of halogens is 1. The zero-order valence-corrected chi connectivity index (χ0v) is 12.6. The first-order valence-corrected chi connectivity index (χ1v) is 8.18. The van der Waals surface area contributed by atoms with Gasteiger partial charge in [-0.3, -0.25) is 0 Å². The summed E-state index contributed by atoms with van der Waals surface area (Å²) in [7, 11) is -3.71. The highest BCUT2D eigenvalue weighted by Crippen LogP contribution is 2.48. The highest BCUT2D eigenvalue weighted by atomic mass is 35.5. The number of benzene rings is 1. The molecular formula is C13H16ClNO4S. The SMILES string of the molecule is CCC1(CNS(=O)(=O)c2ccc(Cl)c(C(=O)O)c2)CC1. The third-order valence-electron chi connectivity index (χ3n) is 3.82. The summed E-state index contributed by atoms with van der Waals surface area (Å²) in [5.41, 5.74) is -0.138. The summed E-state index contributed by atoms with van der Waals surface area (Å²) in [5, 5.41) is 8.98. The maximum absolute atomic E-state index is 12.2. The van der Waals surface area contributed by atoms with Crippen molar-refractivity contribution in [1.29, 1.82) is 0 Å². The van der Waals surface area contributed by atoms with Crippen molar-refractivity contribution in [2.24, 2.45) is 5.41 Å². The van der Waals surface area contributed by atoms with Gasteiger partial charge in [0, 0.05) is 6.54 Å². The summed E-state index contributed by atoms with van der Waals surface area (Å²) in [6.45, 7) is 2.42. The summed E-state index contributed by atoms with van der Waals surface area (Å²) < 4.78 is 26.9. The largest absolute Gasteiger partial charge is 0.478 e. The topological polar surface area (TPSA) is 83.5 Å².